The van der Waals surface area contributed by atoms with Crippen molar-refractivity contribution in [3.8, 4) is 0 Å². The van der Waals surface area contributed by atoms with E-state index in [1.165, 1.54) is 24.3 Å². The second-order valence-electron chi connectivity index (χ2n) is 5.92. The summed E-state index contributed by atoms with van der Waals surface area (Å²) in [5, 5.41) is 4.31. The Morgan fingerprint density at radius 1 is 1.20 bits per heavy atom. The number of aryl methyl sites for hydroxylation is 1. The number of allylic oxidation sites excluding steroid dienone is 1. The van der Waals surface area contributed by atoms with Crippen molar-refractivity contribution in [2.24, 2.45) is 0 Å². The molecule has 1 aromatic carbocycles. The first-order chi connectivity index (χ1) is 11.8. The lowest BCUT2D eigenvalue weighted by Crippen LogP contribution is -2.18. The molecule has 0 saturated carbocycles. The Kier molecular flexibility index (Phi) is 3.28. The van der Waals surface area contributed by atoms with Crippen LogP contribution in [0.5, 0.6) is 0 Å². The molecule has 0 N–H and O–H groups in total. The van der Waals surface area contributed by atoms with Gasteiger partial charge in [-0.1, -0.05) is 18.2 Å². The van der Waals surface area contributed by atoms with Crippen LogP contribution < -0.4 is 0 Å². The van der Waals surface area contributed by atoms with Crippen molar-refractivity contribution in [2.45, 2.75) is 19.5 Å². The zero-order chi connectivity index (χ0) is 17.8. The Hall–Kier alpha value is -2.96. The molecule has 0 aliphatic heterocycles. The number of fused-ring (bicyclic) bond motifs is 3. The van der Waals surface area contributed by atoms with Gasteiger partial charge in [-0.25, -0.2) is 9.50 Å². The first-order valence-corrected chi connectivity index (χ1v) is 7.60. The number of Topliss-reactive ketones (excluding diaryl/α,β-unsaturated/α-hetero) is 1. The van der Waals surface area contributed by atoms with E-state index in [9.17, 15) is 18.0 Å². The zero-order valence-corrected chi connectivity index (χ0v) is 13.1. The van der Waals surface area contributed by atoms with E-state index in [1.54, 1.807) is 16.8 Å². The molecule has 0 atom stereocenters. The predicted molar refractivity (Wildman–Crippen MR) is 85.8 cm³/mol. The van der Waals surface area contributed by atoms with Crippen LogP contribution in [0, 0.1) is 6.92 Å². The van der Waals surface area contributed by atoms with E-state index in [4.69, 9.17) is 0 Å². The van der Waals surface area contributed by atoms with Crippen molar-refractivity contribution < 1.29 is 18.0 Å². The van der Waals surface area contributed by atoms with Crippen molar-refractivity contribution in [3.63, 3.8) is 0 Å². The predicted octanol–water partition coefficient (Wildman–Crippen LogP) is 3.72. The average molecular weight is 343 g/mol. The Labute approximate surface area is 140 Å². The summed E-state index contributed by atoms with van der Waals surface area (Å²) < 4.78 is 41.4. The van der Waals surface area contributed by atoms with Gasteiger partial charge in [-0.3, -0.25) is 4.79 Å². The van der Waals surface area contributed by atoms with Gasteiger partial charge in [0.05, 0.1) is 23.4 Å². The molecule has 126 valence electrons. The summed E-state index contributed by atoms with van der Waals surface area (Å²) in [6.07, 6.45) is -1.52. The molecule has 2 aromatic heterocycles. The molecule has 25 heavy (non-hydrogen) atoms. The minimum atomic E-state index is -4.53. The van der Waals surface area contributed by atoms with Gasteiger partial charge in [0, 0.05) is 23.4 Å². The van der Waals surface area contributed by atoms with Crippen molar-refractivity contribution in [1.29, 1.82) is 0 Å². The minimum Gasteiger partial charge on any atom is -0.294 e. The molecular formula is C18H12F3N3O. The SMILES string of the molecule is Cc1cc2ncc3c(n2n1)CC(=O)C(c1ccccc1C(F)(F)F)=C3. The number of aromatic nitrogens is 3. The Morgan fingerprint density at radius 2 is 1.96 bits per heavy atom. The number of alkyl halides is 3. The lowest BCUT2D eigenvalue weighted by atomic mass is 9.88. The van der Waals surface area contributed by atoms with Gasteiger partial charge >= 0.3 is 6.18 Å². The van der Waals surface area contributed by atoms with Gasteiger partial charge in [-0.05, 0) is 24.6 Å². The van der Waals surface area contributed by atoms with Crippen LogP contribution in [0.4, 0.5) is 13.2 Å². The Morgan fingerprint density at radius 3 is 2.72 bits per heavy atom. The van der Waals surface area contributed by atoms with E-state index in [-0.39, 0.29) is 23.3 Å². The molecule has 0 amide bonds. The quantitative estimate of drug-likeness (QED) is 0.676. The number of hydrogen-bond donors (Lipinski definition) is 0. The second-order valence-corrected chi connectivity index (χ2v) is 5.92. The maximum atomic E-state index is 13.3. The lowest BCUT2D eigenvalue weighted by Gasteiger charge is -2.19. The molecule has 0 unspecified atom stereocenters. The summed E-state index contributed by atoms with van der Waals surface area (Å²) in [6.45, 7) is 1.81. The summed E-state index contributed by atoms with van der Waals surface area (Å²) in [4.78, 5) is 16.9. The fourth-order valence-electron chi connectivity index (χ4n) is 3.08. The number of halogens is 3. The van der Waals surface area contributed by atoms with Crippen molar-refractivity contribution in [3.05, 3.63) is 64.6 Å². The smallest absolute Gasteiger partial charge is 0.294 e. The van der Waals surface area contributed by atoms with Crippen LogP contribution >= 0.6 is 0 Å². The number of benzene rings is 1. The molecule has 1 aliphatic carbocycles. The Balaban J connectivity index is 1.93. The van der Waals surface area contributed by atoms with E-state index >= 15 is 0 Å². The molecule has 4 rings (SSSR count). The molecule has 0 radical (unpaired) electrons. The van der Waals surface area contributed by atoms with Gasteiger partial charge in [0.1, 0.15) is 0 Å². The molecule has 4 nitrogen and oxygen atoms in total. The van der Waals surface area contributed by atoms with Gasteiger partial charge in [-0.15, -0.1) is 0 Å². The van der Waals surface area contributed by atoms with Crippen molar-refractivity contribution >= 4 is 23.1 Å². The van der Waals surface area contributed by atoms with E-state index < -0.39 is 11.7 Å². The van der Waals surface area contributed by atoms with Crippen LogP contribution in [0.2, 0.25) is 0 Å². The summed E-state index contributed by atoms with van der Waals surface area (Å²) in [6, 6.07) is 6.89. The second kappa shape index (κ2) is 5.27. The third-order valence-corrected chi connectivity index (χ3v) is 4.19. The van der Waals surface area contributed by atoms with Gasteiger partial charge in [-0.2, -0.15) is 18.3 Å². The monoisotopic (exact) mass is 343 g/mol. The van der Waals surface area contributed by atoms with Crippen LogP contribution in [0.15, 0.2) is 36.5 Å². The number of hydrogen-bond acceptors (Lipinski definition) is 3. The maximum Gasteiger partial charge on any atom is 0.417 e. The van der Waals surface area contributed by atoms with E-state index in [1.807, 2.05) is 6.92 Å². The molecule has 2 heterocycles. The normalized spacial score (nSPS) is 14.6. The number of rotatable bonds is 1. The van der Waals surface area contributed by atoms with Gasteiger partial charge in [0.25, 0.3) is 0 Å². The first-order valence-electron chi connectivity index (χ1n) is 7.60. The van der Waals surface area contributed by atoms with Gasteiger partial charge in [0.2, 0.25) is 0 Å². The number of carbonyl (C=O) groups is 1. The molecule has 0 fully saturated rings. The Bertz CT molecular complexity index is 1050. The van der Waals surface area contributed by atoms with E-state index in [0.29, 0.717) is 16.9 Å². The molecule has 0 spiro atoms. The first kappa shape index (κ1) is 15.6. The largest absolute Gasteiger partial charge is 0.417 e. The fourth-order valence-corrected chi connectivity index (χ4v) is 3.08. The standard InChI is InChI=1S/C18H12F3N3O/c1-10-6-17-22-9-11-7-13(16(25)8-15(11)24(17)23-10)12-4-2-3-5-14(12)18(19,20)21/h2-7,9H,8H2,1H3. The zero-order valence-electron chi connectivity index (χ0n) is 13.1. The third-order valence-electron chi connectivity index (χ3n) is 4.19. The molecule has 3 aromatic rings. The third kappa shape index (κ3) is 2.52. The maximum absolute atomic E-state index is 13.3. The summed E-state index contributed by atoms with van der Waals surface area (Å²) in [7, 11) is 0. The fraction of sp³-hybridized carbons (Fsp3) is 0.167. The van der Waals surface area contributed by atoms with Crippen LogP contribution in [-0.2, 0) is 17.4 Å². The van der Waals surface area contributed by atoms with Crippen molar-refractivity contribution in [2.75, 3.05) is 0 Å². The number of nitrogens with zero attached hydrogens (tertiary/aromatic N) is 3. The van der Waals surface area contributed by atoms with Gasteiger partial charge < -0.3 is 0 Å². The molecular weight excluding hydrogens is 331 g/mol. The van der Waals surface area contributed by atoms with E-state index in [0.717, 1.165) is 11.8 Å². The van der Waals surface area contributed by atoms with E-state index in [2.05, 4.69) is 10.1 Å². The van der Waals surface area contributed by atoms with Crippen LogP contribution in [0.3, 0.4) is 0 Å². The van der Waals surface area contributed by atoms with Crippen LogP contribution in [-0.4, -0.2) is 20.4 Å². The topological polar surface area (TPSA) is 47.3 Å². The van der Waals surface area contributed by atoms with Gasteiger partial charge in [0.15, 0.2) is 11.4 Å². The highest BCUT2D eigenvalue weighted by molar-refractivity contribution is 6.27. The average Bonchev–Trinajstić information content (AvgIpc) is 2.94. The molecule has 1 aliphatic rings. The highest BCUT2D eigenvalue weighted by Crippen LogP contribution is 2.37. The summed E-state index contributed by atoms with van der Waals surface area (Å²) in [5.41, 5.74) is 1.72. The highest BCUT2D eigenvalue weighted by Gasteiger charge is 2.35. The molecule has 0 bridgehead atoms. The number of ketones is 1. The summed E-state index contributed by atoms with van der Waals surface area (Å²) in [5.74, 6) is -0.371. The summed E-state index contributed by atoms with van der Waals surface area (Å²) >= 11 is 0. The molecule has 0 saturated heterocycles. The minimum absolute atomic E-state index is 0.0203. The van der Waals surface area contributed by atoms with Crippen LogP contribution in [0.25, 0.3) is 17.3 Å². The molecule has 7 heteroatoms. The lowest BCUT2D eigenvalue weighted by molar-refractivity contribution is -0.137. The van der Waals surface area contributed by atoms with Crippen molar-refractivity contribution in [1.82, 2.24) is 14.6 Å². The highest BCUT2D eigenvalue weighted by atomic mass is 19.4. The van der Waals surface area contributed by atoms with Crippen LogP contribution in [0.1, 0.15) is 28.1 Å². The number of carbonyl (C=O) groups excluding carboxylic acids is 1.